The molecule has 0 saturated heterocycles. The predicted molar refractivity (Wildman–Crippen MR) is 27.8 cm³/mol. The van der Waals surface area contributed by atoms with E-state index in [1.807, 2.05) is 0 Å². The molecule has 0 unspecified atom stereocenters. The zero-order valence-electron chi connectivity index (χ0n) is 4.73. The van der Waals surface area contributed by atoms with E-state index in [2.05, 4.69) is 11.3 Å². The van der Waals surface area contributed by atoms with Crippen LogP contribution in [0.2, 0.25) is 0 Å². The summed E-state index contributed by atoms with van der Waals surface area (Å²) in [6.45, 7) is 5.57. The van der Waals surface area contributed by atoms with Crippen molar-refractivity contribution in [3.8, 4) is 0 Å². The first-order chi connectivity index (χ1) is 3.27. The van der Waals surface area contributed by atoms with Crippen molar-refractivity contribution in [1.82, 2.24) is 0 Å². The van der Waals surface area contributed by atoms with Crippen LogP contribution in [0.3, 0.4) is 0 Å². The average molecular weight is 102 g/mol. The number of methoxy groups -OCH3 is 1. The fourth-order valence-corrected chi connectivity index (χ4v) is 0.160. The zero-order valence-corrected chi connectivity index (χ0v) is 4.73. The van der Waals surface area contributed by atoms with E-state index >= 15 is 0 Å². The van der Waals surface area contributed by atoms with Gasteiger partial charge in [-0.15, -0.1) is 0 Å². The van der Waals surface area contributed by atoms with Gasteiger partial charge in [0.05, 0.1) is 5.76 Å². The lowest BCUT2D eigenvalue weighted by atomic mass is 10.7. The third-order valence-electron chi connectivity index (χ3n) is 0.423. The lowest BCUT2D eigenvalue weighted by Gasteiger charge is -1.99. The standard InChI is InChI=1S/C5H10O2/c1-5(2)7-4-6-3/h1,4H2,2-3H3. The molecule has 0 atom stereocenters. The lowest BCUT2D eigenvalue weighted by Crippen LogP contribution is -1.91. The molecular weight excluding hydrogens is 92.1 g/mol. The van der Waals surface area contributed by atoms with Crippen molar-refractivity contribution in [3.63, 3.8) is 0 Å². The molecule has 0 heterocycles. The highest BCUT2D eigenvalue weighted by Gasteiger charge is 1.78. The normalized spacial score (nSPS) is 8.29. The Morgan fingerprint density at radius 3 is 2.43 bits per heavy atom. The Bertz CT molecular complexity index is 59.1. The summed E-state index contributed by atoms with van der Waals surface area (Å²) < 4.78 is 9.34. The van der Waals surface area contributed by atoms with Crippen LogP contribution in [0.15, 0.2) is 12.3 Å². The Hall–Kier alpha value is -0.500. The van der Waals surface area contributed by atoms with Crippen LogP contribution in [-0.2, 0) is 9.47 Å². The predicted octanol–water partition coefficient (Wildman–Crippen LogP) is 1.14. The molecular formula is C5H10O2. The summed E-state index contributed by atoms with van der Waals surface area (Å²) >= 11 is 0. The van der Waals surface area contributed by atoms with Crippen LogP contribution in [0.25, 0.3) is 0 Å². The Kier molecular flexibility index (Phi) is 3.42. The van der Waals surface area contributed by atoms with Gasteiger partial charge in [0.25, 0.3) is 0 Å². The van der Waals surface area contributed by atoms with Gasteiger partial charge in [0.1, 0.15) is 0 Å². The van der Waals surface area contributed by atoms with Gasteiger partial charge >= 0.3 is 0 Å². The van der Waals surface area contributed by atoms with Gasteiger partial charge in [-0.2, -0.15) is 0 Å². The first-order valence-electron chi connectivity index (χ1n) is 2.04. The molecule has 0 spiro atoms. The largest absolute Gasteiger partial charge is 0.473 e. The van der Waals surface area contributed by atoms with Crippen LogP contribution in [0, 0.1) is 0 Å². The molecule has 0 radical (unpaired) electrons. The van der Waals surface area contributed by atoms with Crippen LogP contribution in [0.1, 0.15) is 6.92 Å². The molecule has 7 heavy (non-hydrogen) atoms. The minimum atomic E-state index is 0.301. The van der Waals surface area contributed by atoms with Crippen LogP contribution >= 0.6 is 0 Å². The molecule has 0 aromatic carbocycles. The van der Waals surface area contributed by atoms with Gasteiger partial charge in [-0.05, 0) is 6.92 Å². The second kappa shape index (κ2) is 3.68. The average Bonchev–Trinajstić information content (AvgIpc) is 1.61. The van der Waals surface area contributed by atoms with Crippen LogP contribution in [-0.4, -0.2) is 13.9 Å². The molecule has 0 aliphatic rings. The molecule has 0 aliphatic carbocycles. The van der Waals surface area contributed by atoms with E-state index in [1.165, 1.54) is 0 Å². The molecule has 0 rings (SSSR count). The number of allylic oxidation sites excluding steroid dienone is 1. The van der Waals surface area contributed by atoms with E-state index in [0.717, 1.165) is 0 Å². The van der Waals surface area contributed by atoms with E-state index < -0.39 is 0 Å². The van der Waals surface area contributed by atoms with Crippen LogP contribution < -0.4 is 0 Å². The summed E-state index contributed by atoms with van der Waals surface area (Å²) in [7, 11) is 1.57. The van der Waals surface area contributed by atoms with E-state index in [0.29, 0.717) is 12.6 Å². The highest BCUT2D eigenvalue weighted by atomic mass is 16.7. The second-order valence-electron chi connectivity index (χ2n) is 1.25. The maximum Gasteiger partial charge on any atom is 0.188 e. The van der Waals surface area contributed by atoms with Gasteiger partial charge < -0.3 is 9.47 Å². The summed E-state index contributed by atoms with van der Waals surface area (Å²) in [5.41, 5.74) is 0. The fourth-order valence-electron chi connectivity index (χ4n) is 0.160. The van der Waals surface area contributed by atoms with Crippen molar-refractivity contribution in [1.29, 1.82) is 0 Å². The van der Waals surface area contributed by atoms with E-state index in [1.54, 1.807) is 14.0 Å². The quantitative estimate of drug-likeness (QED) is 0.393. The molecule has 0 aromatic heterocycles. The third-order valence-corrected chi connectivity index (χ3v) is 0.423. The van der Waals surface area contributed by atoms with Crippen LogP contribution in [0.5, 0.6) is 0 Å². The number of hydrogen-bond donors (Lipinski definition) is 0. The highest BCUT2D eigenvalue weighted by Crippen LogP contribution is 1.86. The summed E-state index contributed by atoms with van der Waals surface area (Å²) in [6, 6.07) is 0. The van der Waals surface area contributed by atoms with Gasteiger partial charge in [-0.25, -0.2) is 0 Å². The molecule has 42 valence electrons. The molecule has 0 fully saturated rings. The van der Waals surface area contributed by atoms with Gasteiger partial charge in [0.2, 0.25) is 0 Å². The highest BCUT2D eigenvalue weighted by molar-refractivity contribution is 4.71. The summed E-state index contributed by atoms with van der Waals surface area (Å²) in [5.74, 6) is 0.682. The van der Waals surface area contributed by atoms with E-state index in [9.17, 15) is 0 Å². The maximum atomic E-state index is 4.77. The first kappa shape index (κ1) is 6.50. The molecule has 0 bridgehead atoms. The van der Waals surface area contributed by atoms with Crippen molar-refractivity contribution in [2.24, 2.45) is 0 Å². The molecule has 0 aliphatic heterocycles. The number of rotatable bonds is 3. The lowest BCUT2D eigenvalue weighted by molar-refractivity contribution is 0.00679. The first-order valence-corrected chi connectivity index (χ1v) is 2.04. The monoisotopic (exact) mass is 102 g/mol. The van der Waals surface area contributed by atoms with Crippen molar-refractivity contribution in [2.75, 3.05) is 13.9 Å². The molecule has 0 saturated carbocycles. The molecule has 0 amide bonds. The van der Waals surface area contributed by atoms with Crippen LogP contribution in [0.4, 0.5) is 0 Å². The van der Waals surface area contributed by atoms with Crippen molar-refractivity contribution in [2.45, 2.75) is 6.92 Å². The van der Waals surface area contributed by atoms with Gasteiger partial charge in [0, 0.05) is 7.11 Å². The smallest absolute Gasteiger partial charge is 0.188 e. The summed E-state index contributed by atoms with van der Waals surface area (Å²) in [6.07, 6.45) is 0. The molecule has 0 N–H and O–H groups in total. The zero-order chi connectivity index (χ0) is 5.70. The Morgan fingerprint density at radius 2 is 2.29 bits per heavy atom. The third kappa shape index (κ3) is 5.50. The number of ether oxygens (including phenoxy) is 2. The van der Waals surface area contributed by atoms with Crippen molar-refractivity contribution >= 4 is 0 Å². The Labute approximate surface area is 43.7 Å². The SMILES string of the molecule is C=C(C)OCOC. The minimum Gasteiger partial charge on any atom is -0.473 e. The second-order valence-corrected chi connectivity index (χ2v) is 1.25. The van der Waals surface area contributed by atoms with Crippen molar-refractivity contribution < 1.29 is 9.47 Å². The summed E-state index contributed by atoms with van der Waals surface area (Å²) in [5, 5.41) is 0. The summed E-state index contributed by atoms with van der Waals surface area (Å²) in [4.78, 5) is 0. The van der Waals surface area contributed by atoms with Crippen molar-refractivity contribution in [3.05, 3.63) is 12.3 Å². The topological polar surface area (TPSA) is 18.5 Å². The Balaban J connectivity index is 2.82. The van der Waals surface area contributed by atoms with Gasteiger partial charge in [0.15, 0.2) is 6.79 Å². The minimum absolute atomic E-state index is 0.301. The Morgan fingerprint density at radius 1 is 1.71 bits per heavy atom. The van der Waals surface area contributed by atoms with E-state index in [-0.39, 0.29) is 0 Å². The number of hydrogen-bond acceptors (Lipinski definition) is 2. The fraction of sp³-hybridized carbons (Fsp3) is 0.600. The van der Waals surface area contributed by atoms with Gasteiger partial charge in [-0.1, -0.05) is 6.58 Å². The van der Waals surface area contributed by atoms with E-state index in [4.69, 9.17) is 4.74 Å². The van der Waals surface area contributed by atoms with Gasteiger partial charge in [-0.3, -0.25) is 0 Å². The maximum absolute atomic E-state index is 4.77. The molecule has 2 nitrogen and oxygen atoms in total. The molecule has 2 heteroatoms. The molecule has 0 aromatic rings.